The fraction of sp³-hybridized carbons (Fsp3) is 0.448. The van der Waals surface area contributed by atoms with Crippen LogP contribution in [0.15, 0.2) is 54.9 Å². The van der Waals surface area contributed by atoms with Crippen LogP contribution in [-0.2, 0) is 12.8 Å². The average Bonchev–Trinajstić information content (AvgIpc) is 2.82. The molecule has 0 radical (unpaired) electrons. The van der Waals surface area contributed by atoms with E-state index in [4.69, 9.17) is 0 Å². The fourth-order valence-corrected chi connectivity index (χ4v) is 4.07. The highest BCUT2D eigenvalue weighted by molar-refractivity contribution is 5.68. The predicted molar refractivity (Wildman–Crippen MR) is 133 cm³/mol. The number of rotatable bonds is 13. The summed E-state index contributed by atoms with van der Waals surface area (Å²) in [6.45, 7) is 4.44. The van der Waals surface area contributed by atoms with E-state index in [0.29, 0.717) is 11.4 Å². The average molecular weight is 433 g/mol. The molecule has 3 rings (SSSR count). The van der Waals surface area contributed by atoms with E-state index in [1.807, 2.05) is 42.7 Å². The molecular formula is C29H37FN2. The van der Waals surface area contributed by atoms with Gasteiger partial charge >= 0.3 is 0 Å². The van der Waals surface area contributed by atoms with E-state index in [1.54, 1.807) is 6.07 Å². The Morgan fingerprint density at radius 2 is 1.19 bits per heavy atom. The fourth-order valence-electron chi connectivity index (χ4n) is 4.07. The van der Waals surface area contributed by atoms with Crippen LogP contribution in [0, 0.1) is 5.82 Å². The molecule has 0 saturated heterocycles. The Morgan fingerprint density at radius 3 is 1.81 bits per heavy atom. The van der Waals surface area contributed by atoms with Crippen LogP contribution in [0.25, 0.3) is 22.5 Å². The summed E-state index contributed by atoms with van der Waals surface area (Å²) < 4.78 is 14.7. The maximum atomic E-state index is 14.7. The summed E-state index contributed by atoms with van der Waals surface area (Å²) in [4.78, 5) is 9.10. The largest absolute Gasteiger partial charge is 0.236 e. The lowest BCUT2D eigenvalue weighted by atomic mass is 9.99. The summed E-state index contributed by atoms with van der Waals surface area (Å²) in [6, 6.07) is 13.5. The van der Waals surface area contributed by atoms with E-state index in [0.717, 1.165) is 36.0 Å². The molecule has 2 nitrogen and oxygen atoms in total. The minimum atomic E-state index is -0.148. The molecule has 0 fully saturated rings. The van der Waals surface area contributed by atoms with E-state index in [-0.39, 0.29) is 5.82 Å². The van der Waals surface area contributed by atoms with Crippen LogP contribution in [0.5, 0.6) is 0 Å². The second-order valence-corrected chi connectivity index (χ2v) is 8.78. The molecule has 0 spiro atoms. The first-order chi connectivity index (χ1) is 15.7. The number of hydrogen-bond acceptors (Lipinski definition) is 2. The van der Waals surface area contributed by atoms with Gasteiger partial charge in [-0.25, -0.2) is 14.4 Å². The Morgan fingerprint density at radius 1 is 0.625 bits per heavy atom. The lowest BCUT2D eigenvalue weighted by molar-refractivity contribution is 0.624. The van der Waals surface area contributed by atoms with E-state index in [1.165, 1.54) is 56.9 Å². The summed E-state index contributed by atoms with van der Waals surface area (Å²) in [5.41, 5.74) is 4.76. The van der Waals surface area contributed by atoms with Crippen LogP contribution >= 0.6 is 0 Å². The minimum absolute atomic E-state index is 0.148. The Bertz CT molecular complexity index is 932. The molecule has 3 aromatic rings. The van der Waals surface area contributed by atoms with Crippen molar-refractivity contribution in [2.24, 2.45) is 0 Å². The van der Waals surface area contributed by atoms with Crippen molar-refractivity contribution in [3.8, 4) is 22.5 Å². The summed E-state index contributed by atoms with van der Waals surface area (Å²) in [5, 5.41) is 0. The van der Waals surface area contributed by atoms with Crippen LogP contribution in [0.4, 0.5) is 4.39 Å². The van der Waals surface area contributed by atoms with Gasteiger partial charge in [0.25, 0.3) is 0 Å². The number of benzene rings is 2. The van der Waals surface area contributed by atoms with Crippen LogP contribution in [0.3, 0.4) is 0 Å². The predicted octanol–water partition coefficient (Wildman–Crippen LogP) is 8.59. The van der Waals surface area contributed by atoms with Crippen molar-refractivity contribution < 1.29 is 4.39 Å². The molecule has 3 heteroatoms. The van der Waals surface area contributed by atoms with Gasteiger partial charge in [0.15, 0.2) is 5.82 Å². The molecular weight excluding hydrogens is 395 g/mol. The van der Waals surface area contributed by atoms with Gasteiger partial charge in [0, 0.05) is 23.5 Å². The van der Waals surface area contributed by atoms with Crippen LogP contribution in [-0.4, -0.2) is 9.97 Å². The van der Waals surface area contributed by atoms with Crippen molar-refractivity contribution in [2.75, 3.05) is 0 Å². The van der Waals surface area contributed by atoms with Gasteiger partial charge in [0.2, 0.25) is 0 Å². The molecule has 0 bridgehead atoms. The minimum Gasteiger partial charge on any atom is -0.236 e. The molecule has 0 aliphatic rings. The van der Waals surface area contributed by atoms with Gasteiger partial charge in [0.1, 0.15) is 5.82 Å². The molecule has 32 heavy (non-hydrogen) atoms. The van der Waals surface area contributed by atoms with Crippen molar-refractivity contribution in [1.82, 2.24) is 9.97 Å². The number of unbranched alkanes of at least 4 members (excludes halogenated alkanes) is 7. The van der Waals surface area contributed by atoms with Crippen molar-refractivity contribution in [2.45, 2.75) is 84.5 Å². The molecule has 0 saturated carbocycles. The lowest BCUT2D eigenvalue weighted by Crippen LogP contribution is -1.94. The standard InChI is InChI=1S/C29H37FN2/c1-3-5-7-9-11-13-24-21-31-29(32-22-24)26-17-15-25(16-18-26)27-19-14-23(20-28(27)30)12-10-8-6-4-2/h14-22H,3-13H2,1-2H3. The van der Waals surface area contributed by atoms with Crippen molar-refractivity contribution >= 4 is 0 Å². The third-order valence-corrected chi connectivity index (χ3v) is 6.08. The molecule has 170 valence electrons. The number of aryl methyl sites for hydroxylation is 2. The first-order valence-corrected chi connectivity index (χ1v) is 12.4. The maximum absolute atomic E-state index is 14.7. The monoisotopic (exact) mass is 432 g/mol. The lowest BCUT2D eigenvalue weighted by Gasteiger charge is -2.08. The molecule has 0 aliphatic carbocycles. The first kappa shape index (κ1) is 24.1. The SMILES string of the molecule is CCCCCCCc1cnc(-c2ccc(-c3ccc(CCCCCC)cc3F)cc2)nc1. The Balaban J connectivity index is 1.58. The second kappa shape index (κ2) is 13.1. The summed E-state index contributed by atoms with van der Waals surface area (Å²) in [7, 11) is 0. The Labute approximate surface area is 193 Å². The topological polar surface area (TPSA) is 25.8 Å². The first-order valence-electron chi connectivity index (χ1n) is 12.4. The van der Waals surface area contributed by atoms with Crippen LogP contribution in [0.2, 0.25) is 0 Å². The van der Waals surface area contributed by atoms with Crippen molar-refractivity contribution in [1.29, 1.82) is 0 Å². The molecule has 0 N–H and O–H groups in total. The number of hydrogen-bond donors (Lipinski definition) is 0. The van der Waals surface area contributed by atoms with Gasteiger partial charge in [-0.3, -0.25) is 0 Å². The van der Waals surface area contributed by atoms with Crippen LogP contribution < -0.4 is 0 Å². The van der Waals surface area contributed by atoms with Gasteiger partial charge in [-0.2, -0.15) is 0 Å². The summed E-state index contributed by atoms with van der Waals surface area (Å²) in [5.74, 6) is 0.569. The zero-order chi connectivity index (χ0) is 22.6. The maximum Gasteiger partial charge on any atom is 0.159 e. The zero-order valence-corrected chi connectivity index (χ0v) is 19.7. The van der Waals surface area contributed by atoms with E-state index >= 15 is 0 Å². The Kier molecular flexibility index (Phi) is 9.87. The molecule has 1 heterocycles. The van der Waals surface area contributed by atoms with E-state index in [2.05, 4.69) is 29.9 Å². The highest BCUT2D eigenvalue weighted by Gasteiger charge is 2.08. The summed E-state index contributed by atoms with van der Waals surface area (Å²) >= 11 is 0. The number of nitrogens with zero attached hydrogens (tertiary/aromatic N) is 2. The Hall–Kier alpha value is -2.55. The normalized spacial score (nSPS) is 11.1. The van der Waals surface area contributed by atoms with E-state index < -0.39 is 0 Å². The smallest absolute Gasteiger partial charge is 0.159 e. The molecule has 0 atom stereocenters. The molecule has 0 amide bonds. The third-order valence-electron chi connectivity index (χ3n) is 6.08. The molecule has 0 unspecified atom stereocenters. The number of halogens is 1. The van der Waals surface area contributed by atoms with E-state index in [9.17, 15) is 4.39 Å². The number of aromatic nitrogens is 2. The second-order valence-electron chi connectivity index (χ2n) is 8.78. The van der Waals surface area contributed by atoms with Crippen molar-refractivity contribution in [3.05, 3.63) is 71.8 Å². The van der Waals surface area contributed by atoms with Gasteiger partial charge in [-0.15, -0.1) is 0 Å². The molecule has 0 aliphatic heterocycles. The molecule has 2 aromatic carbocycles. The highest BCUT2D eigenvalue weighted by Crippen LogP contribution is 2.26. The quantitative estimate of drug-likeness (QED) is 0.253. The molecule has 1 aromatic heterocycles. The highest BCUT2D eigenvalue weighted by atomic mass is 19.1. The van der Waals surface area contributed by atoms with Crippen LogP contribution in [0.1, 0.15) is 82.8 Å². The van der Waals surface area contributed by atoms with Gasteiger partial charge in [-0.1, -0.05) is 95.2 Å². The van der Waals surface area contributed by atoms with Crippen molar-refractivity contribution in [3.63, 3.8) is 0 Å². The third kappa shape index (κ3) is 7.25. The zero-order valence-electron chi connectivity index (χ0n) is 19.7. The van der Waals surface area contributed by atoms with Gasteiger partial charge in [0.05, 0.1) is 0 Å². The summed E-state index contributed by atoms with van der Waals surface area (Å²) in [6.07, 6.45) is 17.0. The van der Waals surface area contributed by atoms with Gasteiger partial charge in [-0.05, 0) is 48.4 Å². The van der Waals surface area contributed by atoms with Gasteiger partial charge < -0.3 is 0 Å².